The van der Waals surface area contributed by atoms with Crippen molar-refractivity contribution >= 4 is 17.5 Å². The van der Waals surface area contributed by atoms with Crippen molar-refractivity contribution in [2.24, 2.45) is 23.7 Å². The predicted molar refractivity (Wildman–Crippen MR) is 104 cm³/mol. The molecule has 5 fully saturated rings. The van der Waals surface area contributed by atoms with Gasteiger partial charge in [0, 0.05) is 17.6 Å². The van der Waals surface area contributed by atoms with Crippen molar-refractivity contribution in [3.05, 3.63) is 34.9 Å². The van der Waals surface area contributed by atoms with E-state index in [0.29, 0.717) is 6.04 Å². The molecular formula is C22H29ClN2O. The molecule has 1 aliphatic heterocycles. The molecule has 0 unspecified atom stereocenters. The third-order valence-corrected chi connectivity index (χ3v) is 7.75. The maximum Gasteiger partial charge on any atom is 0.237 e. The van der Waals surface area contributed by atoms with E-state index in [9.17, 15) is 4.79 Å². The Labute approximate surface area is 161 Å². The lowest BCUT2D eigenvalue weighted by Crippen LogP contribution is -2.58. The summed E-state index contributed by atoms with van der Waals surface area (Å²) in [6, 6.07) is 8.53. The van der Waals surface area contributed by atoms with Crippen LogP contribution in [0.4, 0.5) is 0 Å². The number of rotatable bonds is 4. The third-order valence-electron chi connectivity index (χ3n) is 7.50. The Morgan fingerprint density at radius 3 is 2.35 bits per heavy atom. The molecule has 1 saturated heterocycles. The Balaban J connectivity index is 1.24. The van der Waals surface area contributed by atoms with E-state index in [2.05, 4.69) is 22.3 Å². The van der Waals surface area contributed by atoms with Crippen LogP contribution in [0, 0.1) is 23.7 Å². The fourth-order valence-electron chi connectivity index (χ4n) is 6.56. The van der Waals surface area contributed by atoms with Crippen molar-refractivity contribution in [1.82, 2.24) is 10.2 Å². The van der Waals surface area contributed by atoms with Crippen molar-refractivity contribution in [3.8, 4) is 0 Å². The van der Waals surface area contributed by atoms with Gasteiger partial charge in [-0.1, -0.05) is 23.7 Å². The first-order chi connectivity index (χ1) is 12.7. The van der Waals surface area contributed by atoms with Gasteiger partial charge in [0.15, 0.2) is 0 Å². The molecule has 1 aromatic carbocycles. The molecule has 1 aromatic rings. The molecule has 1 atom stereocenters. The molecular weight excluding hydrogens is 344 g/mol. The number of hydrogen-bond donors (Lipinski definition) is 1. The second-order valence-corrected chi connectivity index (χ2v) is 9.66. The van der Waals surface area contributed by atoms with Gasteiger partial charge in [0.2, 0.25) is 5.91 Å². The van der Waals surface area contributed by atoms with Crippen LogP contribution in [-0.4, -0.2) is 29.4 Å². The van der Waals surface area contributed by atoms with Gasteiger partial charge in [0.1, 0.15) is 0 Å². The minimum absolute atomic E-state index is 0.0443. The molecule has 6 rings (SSSR count). The number of nitrogens with zero attached hydrogens (tertiary/aromatic N) is 1. The van der Waals surface area contributed by atoms with E-state index < -0.39 is 0 Å². The second kappa shape index (κ2) is 6.83. The summed E-state index contributed by atoms with van der Waals surface area (Å²) in [5.74, 6) is 3.70. The number of benzene rings is 1. The maximum absolute atomic E-state index is 13.1. The summed E-state index contributed by atoms with van der Waals surface area (Å²) in [6.45, 7) is 1.86. The lowest BCUT2D eigenvalue weighted by molar-refractivity contribution is -0.129. The maximum atomic E-state index is 13.1. The Bertz CT molecular complexity index is 645. The zero-order chi connectivity index (χ0) is 17.7. The first-order valence-electron chi connectivity index (χ1n) is 10.4. The summed E-state index contributed by atoms with van der Waals surface area (Å²) < 4.78 is 0. The molecule has 3 nitrogen and oxygen atoms in total. The standard InChI is InChI=1S/C22H29ClN2O/c23-19-5-3-14(4-6-19)13-25-7-1-2-20(25)22(26)24-21-17-9-15-8-16(11-17)12-18(21)10-15/h3-6,15-18,20-21H,1-2,7-13H2,(H,24,26)/t15?,16?,17?,18?,20-,21?/m0/s1. The largest absolute Gasteiger partial charge is 0.351 e. The SMILES string of the molecule is O=C(NC1C2CC3CC(C2)CC1C3)[C@@H]1CCCN1Cc1ccc(Cl)cc1. The molecule has 0 aromatic heterocycles. The van der Waals surface area contributed by atoms with Gasteiger partial charge in [-0.05, 0) is 92.9 Å². The summed E-state index contributed by atoms with van der Waals surface area (Å²) in [5, 5.41) is 4.30. The van der Waals surface area contributed by atoms with Gasteiger partial charge in [0.05, 0.1) is 6.04 Å². The first kappa shape index (κ1) is 17.1. The minimum atomic E-state index is 0.0443. The average molecular weight is 373 g/mol. The van der Waals surface area contributed by atoms with Crippen LogP contribution in [0.3, 0.4) is 0 Å². The third kappa shape index (κ3) is 3.18. The smallest absolute Gasteiger partial charge is 0.237 e. The molecule has 5 aliphatic rings. The summed E-state index contributed by atoms with van der Waals surface area (Å²) in [6.07, 6.45) is 9.01. The number of halogens is 1. The topological polar surface area (TPSA) is 32.3 Å². The van der Waals surface area contributed by atoms with Gasteiger partial charge >= 0.3 is 0 Å². The summed E-state index contributed by atoms with van der Waals surface area (Å²) in [4.78, 5) is 15.5. The van der Waals surface area contributed by atoms with Crippen LogP contribution in [0.15, 0.2) is 24.3 Å². The van der Waals surface area contributed by atoms with Crippen LogP contribution in [-0.2, 0) is 11.3 Å². The van der Waals surface area contributed by atoms with Gasteiger partial charge in [-0.25, -0.2) is 0 Å². The van der Waals surface area contributed by atoms with E-state index in [0.717, 1.165) is 54.6 Å². The monoisotopic (exact) mass is 372 g/mol. The zero-order valence-corrected chi connectivity index (χ0v) is 16.1. The molecule has 4 aliphatic carbocycles. The zero-order valence-electron chi connectivity index (χ0n) is 15.4. The number of carbonyl (C=O) groups is 1. The second-order valence-electron chi connectivity index (χ2n) is 9.22. The molecule has 140 valence electrons. The minimum Gasteiger partial charge on any atom is -0.351 e. The van der Waals surface area contributed by atoms with Gasteiger partial charge in [-0.3, -0.25) is 9.69 Å². The molecule has 1 amide bonds. The normalized spacial score (nSPS) is 38.7. The first-order valence-corrected chi connectivity index (χ1v) is 10.8. The summed E-state index contributed by atoms with van der Waals surface area (Å²) in [7, 11) is 0. The van der Waals surface area contributed by atoms with Crippen LogP contribution in [0.25, 0.3) is 0 Å². The Morgan fingerprint density at radius 2 is 1.69 bits per heavy atom. The number of nitrogens with one attached hydrogen (secondary N) is 1. The fourth-order valence-corrected chi connectivity index (χ4v) is 6.68. The van der Waals surface area contributed by atoms with Gasteiger partial charge in [-0.15, -0.1) is 0 Å². The highest BCUT2D eigenvalue weighted by Gasteiger charge is 2.49. The van der Waals surface area contributed by atoms with Gasteiger partial charge in [-0.2, -0.15) is 0 Å². The average Bonchev–Trinajstić information content (AvgIpc) is 3.07. The van der Waals surface area contributed by atoms with E-state index in [1.165, 1.54) is 37.7 Å². The molecule has 4 bridgehead atoms. The number of likely N-dealkylation sites (tertiary alicyclic amines) is 1. The van der Waals surface area contributed by atoms with Crippen molar-refractivity contribution in [1.29, 1.82) is 0 Å². The Hall–Kier alpha value is -1.06. The number of carbonyl (C=O) groups excluding carboxylic acids is 1. The molecule has 1 heterocycles. The fraction of sp³-hybridized carbons (Fsp3) is 0.682. The predicted octanol–water partition coefficient (Wildman–Crippen LogP) is 4.25. The molecule has 4 heteroatoms. The lowest BCUT2D eigenvalue weighted by atomic mass is 9.54. The summed E-state index contributed by atoms with van der Waals surface area (Å²) >= 11 is 6.00. The quantitative estimate of drug-likeness (QED) is 0.857. The van der Waals surface area contributed by atoms with E-state index >= 15 is 0 Å². The van der Waals surface area contributed by atoms with Crippen molar-refractivity contribution in [2.45, 2.75) is 63.6 Å². The van der Waals surface area contributed by atoms with Crippen molar-refractivity contribution in [3.63, 3.8) is 0 Å². The molecule has 26 heavy (non-hydrogen) atoms. The highest BCUT2D eigenvalue weighted by atomic mass is 35.5. The summed E-state index contributed by atoms with van der Waals surface area (Å²) in [5.41, 5.74) is 1.24. The van der Waals surface area contributed by atoms with Crippen LogP contribution in [0.2, 0.25) is 5.02 Å². The van der Waals surface area contributed by atoms with Crippen molar-refractivity contribution < 1.29 is 4.79 Å². The highest BCUT2D eigenvalue weighted by Crippen LogP contribution is 2.53. The number of hydrogen-bond acceptors (Lipinski definition) is 2. The van der Waals surface area contributed by atoms with Crippen LogP contribution in [0.5, 0.6) is 0 Å². The van der Waals surface area contributed by atoms with E-state index in [1.54, 1.807) is 0 Å². The van der Waals surface area contributed by atoms with Gasteiger partial charge in [0.25, 0.3) is 0 Å². The Kier molecular flexibility index (Phi) is 4.48. The van der Waals surface area contributed by atoms with Crippen LogP contribution >= 0.6 is 11.6 Å². The molecule has 4 saturated carbocycles. The van der Waals surface area contributed by atoms with E-state index in [1.807, 2.05) is 12.1 Å². The lowest BCUT2D eigenvalue weighted by Gasteiger charge is -2.54. The Morgan fingerprint density at radius 1 is 1.04 bits per heavy atom. The van der Waals surface area contributed by atoms with E-state index in [-0.39, 0.29) is 11.9 Å². The number of amides is 1. The molecule has 0 radical (unpaired) electrons. The molecule has 1 N–H and O–H groups in total. The van der Waals surface area contributed by atoms with Gasteiger partial charge < -0.3 is 5.32 Å². The van der Waals surface area contributed by atoms with Crippen molar-refractivity contribution in [2.75, 3.05) is 6.54 Å². The van der Waals surface area contributed by atoms with E-state index in [4.69, 9.17) is 11.6 Å². The van der Waals surface area contributed by atoms with Crippen LogP contribution in [0.1, 0.15) is 50.5 Å². The van der Waals surface area contributed by atoms with Crippen LogP contribution < -0.4 is 5.32 Å². The molecule has 0 spiro atoms. The highest BCUT2D eigenvalue weighted by molar-refractivity contribution is 6.30.